The summed E-state index contributed by atoms with van der Waals surface area (Å²) in [6.07, 6.45) is -4.84. The van der Waals surface area contributed by atoms with Crippen LogP contribution in [0.4, 0.5) is 13.2 Å². The largest absolute Gasteiger partial charge is 0.471 e. The normalized spacial score (nSPS) is 15.1. The fourth-order valence-electron chi connectivity index (χ4n) is 0.721. The molecule has 0 aliphatic rings. The number of rotatable bonds is 4. The quantitative estimate of drug-likeness (QED) is 0.757. The molecule has 0 heterocycles. The molecule has 0 aromatic heterocycles. The summed E-state index contributed by atoms with van der Waals surface area (Å²) in [6, 6.07) is -1.32. The van der Waals surface area contributed by atoms with E-state index in [2.05, 4.69) is 0 Å². The van der Waals surface area contributed by atoms with E-state index >= 15 is 0 Å². The summed E-state index contributed by atoms with van der Waals surface area (Å²) in [7, 11) is 0. The average Bonchev–Trinajstić information content (AvgIpc) is 2.15. The van der Waals surface area contributed by atoms with Gasteiger partial charge >= 0.3 is 18.1 Å². The number of carbonyl (C=O) groups excluding carboxylic acids is 2. The number of alkyl halides is 3. The van der Waals surface area contributed by atoms with Crippen LogP contribution in [-0.4, -0.2) is 30.2 Å². The van der Waals surface area contributed by atoms with E-state index < -0.39 is 30.2 Å². The lowest BCUT2D eigenvalue weighted by Crippen LogP contribution is -2.46. The highest BCUT2D eigenvalue weighted by molar-refractivity contribution is 5.87. The Morgan fingerprint density at radius 1 is 1.31 bits per heavy atom. The van der Waals surface area contributed by atoms with E-state index in [-0.39, 0.29) is 0 Å². The Kier molecular flexibility index (Phi) is 5.26. The van der Waals surface area contributed by atoms with E-state index in [1.54, 1.807) is 13.8 Å². The van der Waals surface area contributed by atoms with Gasteiger partial charge in [-0.1, -0.05) is 6.92 Å². The molecule has 1 amide bonds. The van der Waals surface area contributed by atoms with Gasteiger partial charge in [0.05, 0.1) is 6.10 Å². The third-order valence-corrected chi connectivity index (χ3v) is 1.85. The lowest BCUT2D eigenvalue weighted by molar-refractivity contribution is -0.176. The van der Waals surface area contributed by atoms with Crippen LogP contribution in [0.25, 0.3) is 0 Å². The van der Waals surface area contributed by atoms with Gasteiger partial charge in [0.15, 0.2) is 0 Å². The maximum Gasteiger partial charge on any atom is 0.471 e. The first-order chi connectivity index (χ1) is 7.18. The van der Waals surface area contributed by atoms with Gasteiger partial charge in [-0.05, 0) is 20.3 Å². The van der Waals surface area contributed by atoms with Crippen molar-refractivity contribution in [1.82, 2.24) is 5.32 Å². The molecule has 0 saturated heterocycles. The highest BCUT2D eigenvalue weighted by atomic mass is 19.4. The minimum atomic E-state index is -5.00. The van der Waals surface area contributed by atoms with Gasteiger partial charge in [-0.2, -0.15) is 13.2 Å². The van der Waals surface area contributed by atoms with Gasteiger partial charge in [0.1, 0.15) is 6.04 Å². The molecule has 0 spiro atoms. The highest BCUT2D eigenvalue weighted by Gasteiger charge is 2.40. The van der Waals surface area contributed by atoms with Crippen LogP contribution in [0, 0.1) is 0 Å². The second kappa shape index (κ2) is 5.72. The van der Waals surface area contributed by atoms with Crippen LogP contribution < -0.4 is 5.32 Å². The van der Waals surface area contributed by atoms with Crippen LogP contribution in [0.1, 0.15) is 27.2 Å². The summed E-state index contributed by atoms with van der Waals surface area (Å²) in [5.74, 6) is -3.03. The summed E-state index contributed by atoms with van der Waals surface area (Å²) < 4.78 is 40.3. The molecule has 0 fully saturated rings. The Labute approximate surface area is 91.1 Å². The number of carbonyl (C=O) groups is 2. The number of ether oxygens (including phenoxy) is 1. The minimum absolute atomic E-state index is 0.391. The van der Waals surface area contributed by atoms with Crippen molar-refractivity contribution in [2.24, 2.45) is 0 Å². The first-order valence-electron chi connectivity index (χ1n) is 4.76. The Bertz CT molecular complexity index is 265. The Hall–Kier alpha value is -1.27. The van der Waals surface area contributed by atoms with E-state index in [1.807, 2.05) is 0 Å². The predicted octanol–water partition coefficient (Wildman–Crippen LogP) is 1.40. The predicted molar refractivity (Wildman–Crippen MR) is 49.5 cm³/mol. The van der Waals surface area contributed by atoms with Crippen LogP contribution in [0.15, 0.2) is 0 Å². The monoisotopic (exact) mass is 241 g/mol. The second-order valence-corrected chi connectivity index (χ2v) is 3.35. The molecule has 0 aliphatic carbocycles. The third kappa shape index (κ3) is 4.99. The number of esters is 1. The molecule has 0 saturated carbocycles. The maximum atomic E-state index is 11.8. The molecule has 7 heteroatoms. The summed E-state index contributed by atoms with van der Waals surface area (Å²) in [6.45, 7) is 4.50. The molecule has 4 nitrogen and oxygen atoms in total. The van der Waals surface area contributed by atoms with Crippen molar-refractivity contribution in [1.29, 1.82) is 0 Å². The smallest absolute Gasteiger partial charge is 0.461 e. The lowest BCUT2D eigenvalue weighted by atomic mass is 10.3. The molecule has 2 atom stereocenters. The molecule has 0 aromatic rings. The third-order valence-electron chi connectivity index (χ3n) is 1.85. The summed E-state index contributed by atoms with van der Waals surface area (Å²) in [5.41, 5.74) is 0. The Morgan fingerprint density at radius 3 is 2.19 bits per heavy atom. The van der Waals surface area contributed by atoms with Crippen molar-refractivity contribution in [3.8, 4) is 0 Å². The van der Waals surface area contributed by atoms with Gasteiger partial charge in [-0.3, -0.25) is 4.79 Å². The van der Waals surface area contributed by atoms with E-state index in [0.29, 0.717) is 6.42 Å². The van der Waals surface area contributed by atoms with Gasteiger partial charge in [0, 0.05) is 0 Å². The summed E-state index contributed by atoms with van der Waals surface area (Å²) >= 11 is 0. The summed E-state index contributed by atoms with van der Waals surface area (Å²) in [4.78, 5) is 21.7. The SMILES string of the molecule is CCC(C)OC(=O)[C@H](C)NC(=O)C(F)(F)F. The maximum absolute atomic E-state index is 11.8. The topological polar surface area (TPSA) is 55.4 Å². The molecule has 0 aliphatic heterocycles. The molecule has 16 heavy (non-hydrogen) atoms. The van der Waals surface area contributed by atoms with Gasteiger partial charge in [-0.15, -0.1) is 0 Å². The van der Waals surface area contributed by atoms with Gasteiger partial charge < -0.3 is 10.1 Å². The second-order valence-electron chi connectivity index (χ2n) is 3.35. The fraction of sp³-hybridized carbons (Fsp3) is 0.778. The highest BCUT2D eigenvalue weighted by Crippen LogP contribution is 2.14. The number of nitrogens with one attached hydrogen (secondary N) is 1. The van der Waals surface area contributed by atoms with Crippen LogP contribution in [0.3, 0.4) is 0 Å². The molecule has 0 radical (unpaired) electrons. The van der Waals surface area contributed by atoms with E-state index in [0.717, 1.165) is 6.92 Å². The molecule has 0 rings (SSSR count). The number of hydrogen-bond acceptors (Lipinski definition) is 3. The number of amides is 1. The van der Waals surface area contributed by atoms with E-state index in [4.69, 9.17) is 4.74 Å². The molecule has 0 bridgehead atoms. The molecule has 1 unspecified atom stereocenters. The van der Waals surface area contributed by atoms with Crippen LogP contribution in [-0.2, 0) is 14.3 Å². The van der Waals surface area contributed by atoms with E-state index in [1.165, 1.54) is 5.32 Å². The zero-order valence-electron chi connectivity index (χ0n) is 9.22. The van der Waals surface area contributed by atoms with Crippen molar-refractivity contribution < 1.29 is 27.5 Å². The Morgan fingerprint density at radius 2 is 1.81 bits per heavy atom. The molecule has 0 aromatic carbocycles. The first kappa shape index (κ1) is 14.7. The summed E-state index contributed by atoms with van der Waals surface area (Å²) in [5, 5.41) is 1.51. The van der Waals surface area contributed by atoms with Crippen LogP contribution >= 0.6 is 0 Å². The minimum Gasteiger partial charge on any atom is -0.461 e. The molecular formula is C9H14F3NO3. The molecule has 1 N–H and O–H groups in total. The lowest BCUT2D eigenvalue weighted by Gasteiger charge is -2.17. The van der Waals surface area contributed by atoms with Crippen molar-refractivity contribution in [2.45, 2.75) is 45.5 Å². The number of halogens is 3. The van der Waals surface area contributed by atoms with Crippen LogP contribution in [0.2, 0.25) is 0 Å². The van der Waals surface area contributed by atoms with Crippen molar-refractivity contribution >= 4 is 11.9 Å². The van der Waals surface area contributed by atoms with Crippen molar-refractivity contribution in [2.75, 3.05) is 0 Å². The molecule has 94 valence electrons. The zero-order valence-corrected chi connectivity index (χ0v) is 9.22. The van der Waals surface area contributed by atoms with E-state index in [9.17, 15) is 22.8 Å². The Balaban J connectivity index is 4.21. The zero-order chi connectivity index (χ0) is 12.9. The standard InChI is InChI=1S/C9H14F3NO3/c1-4-5(2)16-7(14)6(3)13-8(15)9(10,11)12/h5-6H,4H2,1-3H3,(H,13,15)/t5?,6-/m0/s1. The van der Waals surface area contributed by atoms with Gasteiger partial charge in [0.25, 0.3) is 0 Å². The van der Waals surface area contributed by atoms with Crippen molar-refractivity contribution in [3.63, 3.8) is 0 Å². The van der Waals surface area contributed by atoms with Crippen LogP contribution in [0.5, 0.6) is 0 Å². The first-order valence-corrected chi connectivity index (χ1v) is 4.76. The van der Waals surface area contributed by atoms with Crippen molar-refractivity contribution in [3.05, 3.63) is 0 Å². The van der Waals surface area contributed by atoms with Gasteiger partial charge in [-0.25, -0.2) is 4.79 Å². The fourth-order valence-corrected chi connectivity index (χ4v) is 0.721. The number of hydrogen-bond donors (Lipinski definition) is 1. The van der Waals surface area contributed by atoms with Gasteiger partial charge in [0.2, 0.25) is 0 Å². The average molecular weight is 241 g/mol. The molecular weight excluding hydrogens is 227 g/mol.